The van der Waals surface area contributed by atoms with E-state index < -0.39 is 0 Å². The minimum absolute atomic E-state index is 0.349. The van der Waals surface area contributed by atoms with Crippen molar-refractivity contribution in [3.05, 3.63) is 23.8 Å². The molecule has 0 bridgehead atoms. The van der Waals surface area contributed by atoms with Crippen molar-refractivity contribution in [2.45, 2.75) is 31.7 Å². The fourth-order valence-corrected chi connectivity index (χ4v) is 3.20. The van der Waals surface area contributed by atoms with E-state index >= 15 is 0 Å². The summed E-state index contributed by atoms with van der Waals surface area (Å²) in [6.45, 7) is 5.32. The number of fused-ring (bicyclic) bond motifs is 3. The lowest BCUT2D eigenvalue weighted by Crippen LogP contribution is -2.39. The number of phenolic OH excluding ortho intramolecular Hbond substituents is 1. The minimum atomic E-state index is 0.349. The molecule has 3 rings (SSSR count). The van der Waals surface area contributed by atoms with Gasteiger partial charge < -0.3 is 9.84 Å². The van der Waals surface area contributed by atoms with E-state index in [-0.39, 0.29) is 0 Å². The quantitative estimate of drug-likeness (QED) is 0.851. The van der Waals surface area contributed by atoms with Crippen molar-refractivity contribution in [1.29, 1.82) is 0 Å². The van der Waals surface area contributed by atoms with Crippen molar-refractivity contribution in [2.24, 2.45) is 0 Å². The molecular formula is C14H19NO2. The van der Waals surface area contributed by atoms with Crippen molar-refractivity contribution in [3.8, 4) is 11.5 Å². The number of aromatic hydroxyl groups is 1. The number of rotatable bonds is 2. The van der Waals surface area contributed by atoms with Crippen molar-refractivity contribution in [2.75, 3.05) is 19.7 Å². The maximum atomic E-state index is 9.61. The molecule has 17 heavy (non-hydrogen) atoms. The molecule has 92 valence electrons. The highest BCUT2D eigenvalue weighted by atomic mass is 16.5. The number of hydrogen-bond donors (Lipinski definition) is 1. The zero-order chi connectivity index (χ0) is 11.8. The average molecular weight is 233 g/mol. The van der Waals surface area contributed by atoms with Crippen LogP contribution in [0.25, 0.3) is 0 Å². The highest BCUT2D eigenvalue weighted by Gasteiger charge is 2.39. The van der Waals surface area contributed by atoms with Gasteiger partial charge in [-0.3, -0.25) is 4.90 Å². The Morgan fingerprint density at radius 1 is 1.47 bits per heavy atom. The number of benzene rings is 1. The lowest BCUT2D eigenvalue weighted by Gasteiger charge is -2.33. The molecule has 2 heterocycles. The van der Waals surface area contributed by atoms with E-state index in [1.165, 1.54) is 18.4 Å². The normalized spacial score (nSPS) is 27.4. The van der Waals surface area contributed by atoms with E-state index in [0.29, 0.717) is 17.7 Å². The molecule has 0 spiro atoms. The van der Waals surface area contributed by atoms with Crippen LogP contribution in [0.15, 0.2) is 18.2 Å². The Morgan fingerprint density at radius 2 is 2.35 bits per heavy atom. The molecule has 3 heteroatoms. The first-order valence-corrected chi connectivity index (χ1v) is 6.49. The largest absolute Gasteiger partial charge is 0.508 e. The Hall–Kier alpha value is -1.22. The third-order valence-electron chi connectivity index (χ3n) is 3.97. The van der Waals surface area contributed by atoms with Crippen molar-refractivity contribution < 1.29 is 9.84 Å². The lowest BCUT2D eigenvalue weighted by atomic mass is 9.89. The molecule has 2 aliphatic heterocycles. The van der Waals surface area contributed by atoms with Gasteiger partial charge in [-0.2, -0.15) is 0 Å². The Balaban J connectivity index is 1.90. The molecule has 2 unspecified atom stereocenters. The van der Waals surface area contributed by atoms with Crippen LogP contribution in [0.4, 0.5) is 0 Å². The first kappa shape index (κ1) is 10.9. The first-order valence-electron chi connectivity index (χ1n) is 6.49. The summed E-state index contributed by atoms with van der Waals surface area (Å²) in [4.78, 5) is 2.53. The molecule has 1 aromatic carbocycles. The van der Waals surface area contributed by atoms with Crippen LogP contribution in [0.1, 0.15) is 31.2 Å². The van der Waals surface area contributed by atoms with Crippen LogP contribution in [0.5, 0.6) is 11.5 Å². The summed E-state index contributed by atoms with van der Waals surface area (Å²) in [6, 6.07) is 5.98. The molecule has 3 nitrogen and oxygen atoms in total. The van der Waals surface area contributed by atoms with Gasteiger partial charge in [0.25, 0.3) is 0 Å². The molecular weight excluding hydrogens is 214 g/mol. The van der Waals surface area contributed by atoms with E-state index in [1.807, 2.05) is 12.1 Å². The van der Waals surface area contributed by atoms with E-state index in [2.05, 4.69) is 11.8 Å². The van der Waals surface area contributed by atoms with Crippen molar-refractivity contribution in [3.63, 3.8) is 0 Å². The van der Waals surface area contributed by atoms with Crippen LogP contribution >= 0.6 is 0 Å². The second-order valence-corrected chi connectivity index (χ2v) is 5.03. The summed E-state index contributed by atoms with van der Waals surface area (Å²) in [5.74, 6) is 1.85. The van der Waals surface area contributed by atoms with Crippen molar-refractivity contribution in [1.82, 2.24) is 4.90 Å². The summed E-state index contributed by atoms with van der Waals surface area (Å²) in [5.41, 5.74) is 1.19. The summed E-state index contributed by atoms with van der Waals surface area (Å²) in [6.07, 6.45) is 2.38. The molecule has 0 aliphatic carbocycles. The van der Waals surface area contributed by atoms with Gasteiger partial charge in [0.15, 0.2) is 0 Å². The van der Waals surface area contributed by atoms with Crippen LogP contribution in [-0.2, 0) is 0 Å². The zero-order valence-electron chi connectivity index (χ0n) is 10.2. The summed E-state index contributed by atoms with van der Waals surface area (Å²) >= 11 is 0. The third kappa shape index (κ3) is 1.78. The fraction of sp³-hybridized carbons (Fsp3) is 0.571. The molecule has 0 amide bonds. The molecule has 0 radical (unpaired) electrons. The first-order chi connectivity index (χ1) is 8.29. The van der Waals surface area contributed by atoms with Crippen molar-refractivity contribution >= 4 is 0 Å². The Morgan fingerprint density at radius 3 is 3.18 bits per heavy atom. The maximum Gasteiger partial charge on any atom is 0.123 e. The average Bonchev–Trinajstić information content (AvgIpc) is 2.73. The van der Waals surface area contributed by atoms with Crippen LogP contribution in [0, 0.1) is 0 Å². The van der Waals surface area contributed by atoms with E-state index in [0.717, 1.165) is 25.4 Å². The molecule has 1 N–H and O–H groups in total. The summed E-state index contributed by atoms with van der Waals surface area (Å²) in [7, 11) is 0. The van der Waals surface area contributed by atoms with Crippen LogP contribution in [0.2, 0.25) is 0 Å². The number of ether oxygens (including phenoxy) is 1. The van der Waals surface area contributed by atoms with Gasteiger partial charge in [-0.05, 0) is 44.1 Å². The van der Waals surface area contributed by atoms with Gasteiger partial charge in [0, 0.05) is 11.5 Å². The smallest absolute Gasteiger partial charge is 0.123 e. The molecule has 0 aromatic heterocycles. The Labute approximate surface area is 102 Å². The van der Waals surface area contributed by atoms with Gasteiger partial charge in [-0.25, -0.2) is 0 Å². The summed E-state index contributed by atoms with van der Waals surface area (Å²) < 4.78 is 5.82. The third-order valence-corrected chi connectivity index (χ3v) is 3.97. The standard InChI is InChI=1S/C14H19NO2/c1-2-6-15-7-5-11-12-8-10(16)3-4-14(12)17-9-13(11)15/h3-4,8,11,13,16H,2,5-7,9H2,1H3. The second-order valence-electron chi connectivity index (χ2n) is 5.03. The topological polar surface area (TPSA) is 32.7 Å². The molecule has 2 aliphatic rings. The number of phenols is 1. The van der Waals surface area contributed by atoms with E-state index in [9.17, 15) is 5.11 Å². The Bertz CT molecular complexity index is 419. The number of nitrogens with zero attached hydrogens (tertiary/aromatic N) is 1. The van der Waals surface area contributed by atoms with Crippen LogP contribution in [-0.4, -0.2) is 35.7 Å². The Kier molecular flexibility index (Phi) is 2.71. The van der Waals surface area contributed by atoms with Gasteiger partial charge in [-0.15, -0.1) is 0 Å². The van der Waals surface area contributed by atoms with Gasteiger partial charge in [0.2, 0.25) is 0 Å². The number of hydrogen-bond acceptors (Lipinski definition) is 3. The predicted octanol–water partition coefficient (Wildman–Crippen LogP) is 2.35. The fourth-order valence-electron chi connectivity index (χ4n) is 3.20. The zero-order valence-corrected chi connectivity index (χ0v) is 10.2. The maximum absolute atomic E-state index is 9.61. The van der Waals surface area contributed by atoms with Crippen LogP contribution < -0.4 is 4.74 Å². The molecule has 1 fully saturated rings. The lowest BCUT2D eigenvalue weighted by molar-refractivity contribution is 0.147. The van der Waals surface area contributed by atoms with Gasteiger partial charge >= 0.3 is 0 Å². The minimum Gasteiger partial charge on any atom is -0.508 e. The highest BCUT2D eigenvalue weighted by molar-refractivity contribution is 5.44. The monoisotopic (exact) mass is 233 g/mol. The molecule has 2 atom stereocenters. The number of likely N-dealkylation sites (tertiary alicyclic amines) is 1. The van der Waals surface area contributed by atoms with Gasteiger partial charge in [-0.1, -0.05) is 6.92 Å². The molecule has 1 aromatic rings. The van der Waals surface area contributed by atoms with E-state index in [4.69, 9.17) is 4.74 Å². The molecule has 1 saturated heterocycles. The predicted molar refractivity (Wildman–Crippen MR) is 66.6 cm³/mol. The van der Waals surface area contributed by atoms with Crippen LogP contribution in [0.3, 0.4) is 0 Å². The van der Waals surface area contributed by atoms with Gasteiger partial charge in [0.05, 0.1) is 6.04 Å². The second kappa shape index (κ2) is 4.22. The van der Waals surface area contributed by atoms with Gasteiger partial charge in [0.1, 0.15) is 18.1 Å². The SMILES string of the molecule is CCCN1CCC2c3cc(O)ccc3OCC21. The molecule has 0 saturated carbocycles. The van der Waals surface area contributed by atoms with E-state index in [1.54, 1.807) is 6.07 Å². The summed E-state index contributed by atoms with van der Waals surface area (Å²) in [5, 5.41) is 9.61. The highest BCUT2D eigenvalue weighted by Crippen LogP contribution is 2.43.